The molecular formula is C19H20F2N2O6. The van der Waals surface area contributed by atoms with Crippen molar-refractivity contribution < 1.29 is 32.7 Å². The molecule has 0 fully saturated rings. The van der Waals surface area contributed by atoms with E-state index in [1.165, 1.54) is 13.2 Å². The summed E-state index contributed by atoms with van der Waals surface area (Å²) in [4.78, 5) is 12.6. The van der Waals surface area contributed by atoms with E-state index in [1.807, 2.05) is 23.1 Å². The average Bonchev–Trinajstić information content (AvgIpc) is 2.68. The Hall–Kier alpha value is -3.14. The minimum absolute atomic E-state index is 0.00882. The Labute approximate surface area is 165 Å². The molecule has 0 amide bonds. The zero-order valence-corrected chi connectivity index (χ0v) is 15.8. The normalized spacial score (nSPS) is 15.4. The fraction of sp³-hybridized carbons (Fsp3) is 0.368. The lowest BCUT2D eigenvalue weighted by Gasteiger charge is -2.29. The van der Waals surface area contributed by atoms with Gasteiger partial charge in [0.05, 0.1) is 18.1 Å². The van der Waals surface area contributed by atoms with Crippen molar-refractivity contribution in [3.63, 3.8) is 0 Å². The van der Waals surface area contributed by atoms with E-state index in [0.29, 0.717) is 30.2 Å². The average molecular weight is 410 g/mol. The molecule has 0 aliphatic carbocycles. The lowest BCUT2D eigenvalue weighted by Crippen LogP contribution is -2.39. The fourth-order valence-corrected chi connectivity index (χ4v) is 3.09. The number of halogens is 2. The molecule has 1 unspecified atom stereocenters. The monoisotopic (exact) mass is 410 g/mol. The number of benzene rings is 2. The van der Waals surface area contributed by atoms with Crippen LogP contribution < -0.4 is 18.9 Å². The summed E-state index contributed by atoms with van der Waals surface area (Å²) in [5, 5.41) is 11.4. The van der Waals surface area contributed by atoms with Crippen molar-refractivity contribution in [2.45, 2.75) is 19.3 Å². The largest absolute Gasteiger partial charge is 0.493 e. The Morgan fingerprint density at radius 2 is 2.00 bits per heavy atom. The van der Waals surface area contributed by atoms with E-state index in [9.17, 15) is 18.9 Å². The second kappa shape index (κ2) is 8.91. The summed E-state index contributed by atoms with van der Waals surface area (Å²) in [6.45, 7) is -2.18. The summed E-state index contributed by atoms with van der Waals surface area (Å²) in [5.41, 5.74) is -0.0347. The Morgan fingerprint density at radius 3 is 2.66 bits per heavy atom. The molecule has 0 saturated carbocycles. The molecule has 156 valence electrons. The first-order chi connectivity index (χ1) is 13.9. The molecule has 0 aromatic heterocycles. The molecule has 0 N–H and O–H groups in total. The maximum Gasteiger partial charge on any atom is 0.387 e. The number of hydrogen-bond acceptors (Lipinski definition) is 7. The molecule has 0 bridgehead atoms. The third-order valence-electron chi connectivity index (χ3n) is 4.30. The zero-order chi connectivity index (χ0) is 21.0. The van der Waals surface area contributed by atoms with Crippen LogP contribution in [0.25, 0.3) is 0 Å². The molecule has 3 rings (SSSR count). The summed E-state index contributed by atoms with van der Waals surface area (Å²) < 4.78 is 46.1. The highest BCUT2D eigenvalue weighted by Gasteiger charge is 2.25. The van der Waals surface area contributed by atoms with Crippen molar-refractivity contribution >= 4 is 5.69 Å². The van der Waals surface area contributed by atoms with Gasteiger partial charge >= 0.3 is 6.61 Å². The summed E-state index contributed by atoms with van der Waals surface area (Å²) in [5.74, 6) is 0.909. The van der Waals surface area contributed by atoms with Gasteiger partial charge in [0.2, 0.25) is 0 Å². The summed E-state index contributed by atoms with van der Waals surface area (Å²) in [6.07, 6.45) is -0.266. The third-order valence-corrected chi connectivity index (χ3v) is 4.30. The summed E-state index contributed by atoms with van der Waals surface area (Å²) in [6, 6.07) is 9.59. The number of ether oxygens (including phenoxy) is 4. The first-order valence-corrected chi connectivity index (χ1v) is 8.74. The van der Waals surface area contributed by atoms with E-state index in [4.69, 9.17) is 14.2 Å². The number of rotatable bonds is 8. The van der Waals surface area contributed by atoms with Crippen LogP contribution in [0.4, 0.5) is 14.5 Å². The molecular weight excluding hydrogens is 390 g/mol. The Morgan fingerprint density at radius 1 is 1.28 bits per heavy atom. The minimum atomic E-state index is -3.12. The van der Waals surface area contributed by atoms with Crippen molar-refractivity contribution in [2.75, 3.05) is 27.3 Å². The van der Waals surface area contributed by atoms with Gasteiger partial charge in [0.15, 0.2) is 23.0 Å². The first kappa shape index (κ1) is 20.6. The topological polar surface area (TPSA) is 83.3 Å². The minimum Gasteiger partial charge on any atom is -0.493 e. The van der Waals surface area contributed by atoms with Crippen LogP contribution in [0.3, 0.4) is 0 Å². The van der Waals surface area contributed by atoms with Gasteiger partial charge in [-0.1, -0.05) is 12.1 Å². The van der Waals surface area contributed by atoms with Gasteiger partial charge in [-0.15, -0.1) is 0 Å². The van der Waals surface area contributed by atoms with E-state index >= 15 is 0 Å². The summed E-state index contributed by atoms with van der Waals surface area (Å²) in [7, 11) is 3.04. The van der Waals surface area contributed by atoms with Crippen LogP contribution >= 0.6 is 0 Å². The second-order valence-electron chi connectivity index (χ2n) is 6.46. The van der Waals surface area contributed by atoms with Gasteiger partial charge in [0, 0.05) is 18.7 Å². The summed E-state index contributed by atoms with van der Waals surface area (Å²) >= 11 is 0. The van der Waals surface area contributed by atoms with Gasteiger partial charge in [-0.05, 0) is 25.2 Å². The lowest BCUT2D eigenvalue weighted by molar-refractivity contribution is -0.385. The molecule has 0 spiro atoms. The molecule has 2 aromatic carbocycles. The molecule has 8 nitrogen and oxygen atoms in total. The third kappa shape index (κ3) is 5.02. The first-order valence-electron chi connectivity index (χ1n) is 8.74. The highest BCUT2D eigenvalue weighted by atomic mass is 19.3. The predicted molar refractivity (Wildman–Crippen MR) is 99.0 cm³/mol. The van der Waals surface area contributed by atoms with Crippen LogP contribution in [0.2, 0.25) is 0 Å². The molecule has 1 aliphatic rings. The maximum atomic E-state index is 12.6. The quantitative estimate of drug-likeness (QED) is 0.487. The number of nitro benzene ring substituents is 1. The number of para-hydroxylation sites is 2. The van der Waals surface area contributed by atoms with Crippen molar-refractivity contribution in [1.82, 2.24) is 4.90 Å². The highest BCUT2D eigenvalue weighted by Crippen LogP contribution is 2.36. The van der Waals surface area contributed by atoms with Crippen LogP contribution in [0, 0.1) is 10.1 Å². The fourth-order valence-electron chi connectivity index (χ4n) is 3.09. The van der Waals surface area contributed by atoms with Crippen molar-refractivity contribution in [3.05, 3.63) is 52.1 Å². The van der Waals surface area contributed by atoms with Crippen LogP contribution in [-0.2, 0) is 6.54 Å². The Bertz CT molecular complexity index is 880. The van der Waals surface area contributed by atoms with Gasteiger partial charge in [0.1, 0.15) is 12.7 Å². The standard InChI is InChI=1S/C19H20F2N2O6/c1-22(10-13-11-27-15-5-3-4-6-16(15)28-13)9-12-7-17(26-2)18(29-19(20)21)8-14(12)23(24)25/h3-8,13,19H,9-11H2,1-2H3. The SMILES string of the molecule is COc1cc(CN(C)CC2COc3ccccc3O2)c([N+](=O)[O-])cc1OC(F)F. The van der Waals surface area contributed by atoms with E-state index in [-0.39, 0.29) is 29.8 Å². The number of alkyl halides is 2. The van der Waals surface area contributed by atoms with Gasteiger partial charge in [-0.25, -0.2) is 0 Å². The van der Waals surface area contributed by atoms with E-state index in [1.54, 1.807) is 13.1 Å². The van der Waals surface area contributed by atoms with Crippen molar-refractivity contribution in [3.8, 4) is 23.0 Å². The maximum absolute atomic E-state index is 12.6. The van der Waals surface area contributed by atoms with E-state index in [2.05, 4.69) is 4.74 Å². The van der Waals surface area contributed by atoms with Gasteiger partial charge in [-0.3, -0.25) is 15.0 Å². The van der Waals surface area contributed by atoms with E-state index < -0.39 is 11.5 Å². The number of nitrogens with zero attached hydrogens (tertiary/aromatic N) is 2. The van der Waals surface area contributed by atoms with Crippen molar-refractivity contribution in [2.24, 2.45) is 0 Å². The molecule has 10 heteroatoms. The van der Waals surface area contributed by atoms with E-state index in [0.717, 1.165) is 6.07 Å². The van der Waals surface area contributed by atoms with Gasteiger partial charge in [-0.2, -0.15) is 8.78 Å². The zero-order valence-electron chi connectivity index (χ0n) is 15.8. The number of likely N-dealkylation sites (N-methyl/N-ethyl adjacent to an activating group) is 1. The van der Waals surface area contributed by atoms with Gasteiger partial charge in [0.25, 0.3) is 5.69 Å². The van der Waals surface area contributed by atoms with Crippen LogP contribution in [-0.4, -0.2) is 49.8 Å². The molecule has 1 aliphatic heterocycles. The Kier molecular flexibility index (Phi) is 6.32. The second-order valence-corrected chi connectivity index (χ2v) is 6.46. The smallest absolute Gasteiger partial charge is 0.387 e. The predicted octanol–water partition coefficient (Wildman–Crippen LogP) is 3.48. The molecule has 1 atom stereocenters. The Balaban J connectivity index is 1.74. The number of hydrogen-bond donors (Lipinski definition) is 0. The number of fused-ring (bicyclic) bond motifs is 1. The van der Waals surface area contributed by atoms with Gasteiger partial charge < -0.3 is 18.9 Å². The van der Waals surface area contributed by atoms with Crippen LogP contribution in [0.5, 0.6) is 23.0 Å². The number of methoxy groups -OCH3 is 1. The molecule has 1 heterocycles. The molecule has 2 aromatic rings. The lowest BCUT2D eigenvalue weighted by atomic mass is 10.1. The molecule has 0 radical (unpaired) electrons. The molecule has 29 heavy (non-hydrogen) atoms. The highest BCUT2D eigenvalue weighted by molar-refractivity contribution is 5.54. The van der Waals surface area contributed by atoms with Crippen molar-refractivity contribution in [1.29, 1.82) is 0 Å². The van der Waals surface area contributed by atoms with Crippen LogP contribution in [0.1, 0.15) is 5.56 Å². The van der Waals surface area contributed by atoms with Crippen LogP contribution in [0.15, 0.2) is 36.4 Å². The number of nitro groups is 1. The molecule has 0 saturated heterocycles.